The first kappa shape index (κ1) is 13.0. The fourth-order valence-corrected chi connectivity index (χ4v) is 4.98. The van der Waals surface area contributed by atoms with Crippen LogP contribution in [0.5, 0.6) is 0 Å². The van der Waals surface area contributed by atoms with Gasteiger partial charge in [0.15, 0.2) is 0 Å². The molecule has 2 rings (SSSR count). The number of hydrogen-bond acceptors (Lipinski definition) is 4. The van der Waals surface area contributed by atoms with Crippen molar-refractivity contribution < 1.29 is 8.42 Å². The highest BCUT2D eigenvalue weighted by molar-refractivity contribution is 7.91. The van der Waals surface area contributed by atoms with E-state index >= 15 is 0 Å². The number of thiophene rings is 1. The summed E-state index contributed by atoms with van der Waals surface area (Å²) in [6.07, 6.45) is 0. The highest BCUT2D eigenvalue weighted by Gasteiger charge is 2.35. The van der Waals surface area contributed by atoms with Gasteiger partial charge in [0.2, 0.25) is 0 Å². The first-order valence-corrected chi connectivity index (χ1v) is 8.11. The number of sulfonamides is 1. The quantitative estimate of drug-likeness (QED) is 0.905. The third-order valence-corrected chi connectivity index (χ3v) is 6.36. The first-order valence-electron chi connectivity index (χ1n) is 5.79. The van der Waals surface area contributed by atoms with E-state index in [0.717, 1.165) is 13.1 Å². The van der Waals surface area contributed by atoms with Crippen LogP contribution < -0.4 is 5.32 Å². The molecule has 1 unspecified atom stereocenters. The van der Waals surface area contributed by atoms with Gasteiger partial charge in [-0.05, 0) is 17.4 Å². The summed E-state index contributed by atoms with van der Waals surface area (Å²) in [7, 11) is -3.30. The Kier molecular flexibility index (Phi) is 3.87. The Labute approximate surface area is 107 Å². The molecule has 1 N–H and O–H groups in total. The fourth-order valence-electron chi connectivity index (χ4n) is 2.10. The van der Waals surface area contributed by atoms with Crippen LogP contribution in [-0.2, 0) is 10.0 Å². The Bertz CT molecular complexity index is 454. The molecule has 0 saturated carbocycles. The smallest absolute Gasteiger partial charge is 0.252 e. The maximum absolute atomic E-state index is 12.5. The minimum atomic E-state index is -3.30. The van der Waals surface area contributed by atoms with E-state index in [1.54, 1.807) is 21.8 Å². The lowest BCUT2D eigenvalue weighted by atomic mass is 10.0. The standard InChI is InChI=1S/C11H18N2O2S2/c1-9(2)10-8-12-5-6-13(10)17(14,15)11-4-3-7-16-11/h3-4,7,9-10,12H,5-6,8H2,1-2H3. The second kappa shape index (κ2) is 5.06. The van der Waals surface area contributed by atoms with Crippen LogP contribution >= 0.6 is 11.3 Å². The predicted octanol–water partition coefficient (Wildman–Crippen LogP) is 1.37. The summed E-state index contributed by atoms with van der Waals surface area (Å²) in [5.41, 5.74) is 0. The molecule has 4 nitrogen and oxygen atoms in total. The third-order valence-electron chi connectivity index (χ3n) is 3.06. The summed E-state index contributed by atoms with van der Waals surface area (Å²) < 4.78 is 27.0. The van der Waals surface area contributed by atoms with E-state index in [1.807, 2.05) is 0 Å². The van der Waals surface area contributed by atoms with Crippen molar-refractivity contribution in [1.82, 2.24) is 9.62 Å². The van der Waals surface area contributed by atoms with E-state index in [1.165, 1.54) is 11.3 Å². The van der Waals surface area contributed by atoms with Crippen LogP contribution in [0.1, 0.15) is 13.8 Å². The topological polar surface area (TPSA) is 49.4 Å². The van der Waals surface area contributed by atoms with Gasteiger partial charge in [-0.2, -0.15) is 4.31 Å². The molecule has 17 heavy (non-hydrogen) atoms. The number of hydrogen-bond donors (Lipinski definition) is 1. The van der Waals surface area contributed by atoms with Gasteiger partial charge in [0.25, 0.3) is 10.0 Å². The van der Waals surface area contributed by atoms with Gasteiger partial charge in [-0.25, -0.2) is 8.42 Å². The molecule has 0 amide bonds. The minimum Gasteiger partial charge on any atom is -0.314 e. The maximum atomic E-state index is 12.5. The Balaban J connectivity index is 2.31. The van der Waals surface area contributed by atoms with Crippen molar-refractivity contribution in [3.8, 4) is 0 Å². The van der Waals surface area contributed by atoms with Crippen LogP contribution in [0.3, 0.4) is 0 Å². The SMILES string of the molecule is CC(C)C1CNCCN1S(=O)(=O)c1cccs1. The summed E-state index contributed by atoms with van der Waals surface area (Å²) in [6.45, 7) is 6.16. The van der Waals surface area contributed by atoms with Gasteiger partial charge in [-0.1, -0.05) is 19.9 Å². The largest absolute Gasteiger partial charge is 0.314 e. The normalized spacial score (nSPS) is 23.1. The van der Waals surface area contributed by atoms with Crippen molar-refractivity contribution in [2.24, 2.45) is 5.92 Å². The fraction of sp³-hybridized carbons (Fsp3) is 0.636. The molecule has 1 aliphatic rings. The van der Waals surface area contributed by atoms with E-state index in [2.05, 4.69) is 19.2 Å². The molecular weight excluding hydrogens is 256 g/mol. The lowest BCUT2D eigenvalue weighted by molar-refractivity contribution is 0.217. The van der Waals surface area contributed by atoms with Crippen LogP contribution in [-0.4, -0.2) is 38.4 Å². The lowest BCUT2D eigenvalue weighted by Gasteiger charge is -2.37. The number of rotatable bonds is 3. The first-order chi connectivity index (χ1) is 8.03. The molecule has 1 aliphatic heterocycles. The molecule has 0 radical (unpaired) electrons. The lowest BCUT2D eigenvalue weighted by Crippen LogP contribution is -2.55. The van der Waals surface area contributed by atoms with Gasteiger partial charge in [-0.3, -0.25) is 0 Å². The Hall–Kier alpha value is -0.430. The summed E-state index contributed by atoms with van der Waals surface area (Å²) >= 11 is 1.29. The summed E-state index contributed by atoms with van der Waals surface area (Å²) in [5.74, 6) is 0.317. The van der Waals surface area contributed by atoms with Crippen LogP contribution in [0, 0.1) is 5.92 Å². The summed E-state index contributed by atoms with van der Waals surface area (Å²) in [5, 5.41) is 5.07. The molecule has 0 aromatic carbocycles. The molecule has 1 aromatic rings. The van der Waals surface area contributed by atoms with Crippen molar-refractivity contribution in [3.63, 3.8) is 0 Å². The Morgan fingerprint density at radius 2 is 2.29 bits per heavy atom. The van der Waals surface area contributed by atoms with E-state index < -0.39 is 10.0 Å². The van der Waals surface area contributed by atoms with Gasteiger partial charge in [0.05, 0.1) is 0 Å². The molecule has 1 fully saturated rings. The number of piperazine rings is 1. The van der Waals surface area contributed by atoms with Crippen LogP contribution in [0.2, 0.25) is 0 Å². The van der Waals surface area contributed by atoms with Gasteiger partial charge >= 0.3 is 0 Å². The second-order valence-corrected chi connectivity index (χ2v) is 7.63. The zero-order chi connectivity index (χ0) is 12.5. The zero-order valence-corrected chi connectivity index (χ0v) is 11.7. The minimum absolute atomic E-state index is 0.0517. The number of nitrogens with zero attached hydrogens (tertiary/aromatic N) is 1. The highest BCUT2D eigenvalue weighted by Crippen LogP contribution is 2.25. The average Bonchev–Trinajstić information content (AvgIpc) is 2.83. The zero-order valence-electron chi connectivity index (χ0n) is 10.1. The third kappa shape index (κ3) is 2.54. The molecule has 0 aliphatic carbocycles. The second-order valence-electron chi connectivity index (χ2n) is 4.56. The Morgan fingerprint density at radius 3 is 2.88 bits per heavy atom. The molecule has 0 spiro atoms. The predicted molar refractivity (Wildman–Crippen MR) is 69.7 cm³/mol. The summed E-state index contributed by atoms with van der Waals surface area (Å²) in [6, 6.07) is 3.51. The summed E-state index contributed by atoms with van der Waals surface area (Å²) in [4.78, 5) is 0. The van der Waals surface area contributed by atoms with E-state index in [9.17, 15) is 8.42 Å². The number of nitrogens with one attached hydrogen (secondary N) is 1. The Morgan fingerprint density at radius 1 is 1.53 bits per heavy atom. The average molecular weight is 274 g/mol. The molecular formula is C11H18N2O2S2. The van der Waals surface area contributed by atoms with Crippen molar-refractivity contribution in [1.29, 1.82) is 0 Å². The molecule has 1 saturated heterocycles. The maximum Gasteiger partial charge on any atom is 0.252 e. The van der Waals surface area contributed by atoms with Crippen LogP contribution in [0.25, 0.3) is 0 Å². The van der Waals surface area contributed by atoms with Gasteiger partial charge in [0, 0.05) is 25.7 Å². The van der Waals surface area contributed by atoms with E-state index in [-0.39, 0.29) is 6.04 Å². The van der Waals surface area contributed by atoms with Gasteiger partial charge in [0.1, 0.15) is 4.21 Å². The van der Waals surface area contributed by atoms with Crippen molar-refractivity contribution in [2.75, 3.05) is 19.6 Å². The van der Waals surface area contributed by atoms with Crippen molar-refractivity contribution in [3.05, 3.63) is 17.5 Å². The highest BCUT2D eigenvalue weighted by atomic mass is 32.2. The van der Waals surface area contributed by atoms with E-state index in [4.69, 9.17) is 0 Å². The van der Waals surface area contributed by atoms with Gasteiger partial charge < -0.3 is 5.32 Å². The molecule has 1 aromatic heterocycles. The molecule has 0 bridgehead atoms. The molecule has 96 valence electrons. The van der Waals surface area contributed by atoms with Gasteiger partial charge in [-0.15, -0.1) is 11.3 Å². The molecule has 6 heteroatoms. The monoisotopic (exact) mass is 274 g/mol. The van der Waals surface area contributed by atoms with E-state index in [0.29, 0.717) is 16.7 Å². The van der Waals surface area contributed by atoms with Crippen molar-refractivity contribution >= 4 is 21.4 Å². The van der Waals surface area contributed by atoms with Crippen LogP contribution in [0.4, 0.5) is 0 Å². The van der Waals surface area contributed by atoms with Crippen LogP contribution in [0.15, 0.2) is 21.7 Å². The molecule has 2 heterocycles. The molecule has 1 atom stereocenters. The van der Waals surface area contributed by atoms with Crippen molar-refractivity contribution in [2.45, 2.75) is 24.1 Å².